The molecule has 1 N–H and O–H groups in total. The number of nitrogens with zero attached hydrogens (tertiary/aromatic N) is 1. The number of carbonyl (C=O) groups is 1. The van der Waals surface area contributed by atoms with Gasteiger partial charge in [-0.1, -0.05) is 23.7 Å². The van der Waals surface area contributed by atoms with Crippen LogP contribution in [-0.4, -0.2) is 17.5 Å². The van der Waals surface area contributed by atoms with E-state index < -0.39 is 0 Å². The van der Waals surface area contributed by atoms with E-state index in [1.54, 1.807) is 24.3 Å². The van der Waals surface area contributed by atoms with Crippen LogP contribution in [0.4, 0.5) is 5.82 Å². The Bertz CT molecular complexity index is 879. The minimum absolute atomic E-state index is 0.233. The van der Waals surface area contributed by atoms with Gasteiger partial charge in [-0.15, -0.1) is 0 Å². The second-order valence-corrected chi connectivity index (χ2v) is 6.14. The number of pyridine rings is 1. The molecule has 0 unspecified atom stereocenters. The fourth-order valence-corrected chi connectivity index (χ4v) is 2.47. The first-order valence-electron chi connectivity index (χ1n) is 8.51. The summed E-state index contributed by atoms with van der Waals surface area (Å²) in [5.74, 6) is 1.79. The summed E-state index contributed by atoms with van der Waals surface area (Å²) in [7, 11) is 0. The van der Waals surface area contributed by atoms with Gasteiger partial charge in [0, 0.05) is 11.8 Å². The van der Waals surface area contributed by atoms with Gasteiger partial charge in [-0.3, -0.25) is 4.79 Å². The molecule has 138 valence electrons. The van der Waals surface area contributed by atoms with Crippen LogP contribution in [0.3, 0.4) is 0 Å². The number of anilines is 1. The zero-order valence-corrected chi connectivity index (χ0v) is 15.6. The van der Waals surface area contributed by atoms with E-state index >= 15 is 0 Å². The van der Waals surface area contributed by atoms with Crippen molar-refractivity contribution in [3.05, 3.63) is 83.0 Å². The molecule has 2 aromatic carbocycles. The van der Waals surface area contributed by atoms with Crippen molar-refractivity contribution in [2.75, 3.05) is 11.9 Å². The number of halogens is 1. The maximum atomic E-state index is 12.2. The van der Waals surface area contributed by atoms with Gasteiger partial charge in [0.15, 0.2) is 0 Å². The maximum absolute atomic E-state index is 12.2. The molecule has 3 aromatic rings. The topological polar surface area (TPSA) is 60.5 Å². The zero-order valence-electron chi connectivity index (χ0n) is 14.8. The van der Waals surface area contributed by atoms with Crippen LogP contribution in [-0.2, 0) is 6.61 Å². The molecule has 0 spiro atoms. The van der Waals surface area contributed by atoms with Crippen molar-refractivity contribution in [3.8, 4) is 11.5 Å². The van der Waals surface area contributed by atoms with E-state index in [1.165, 1.54) is 6.20 Å². The molecule has 5 nitrogen and oxygen atoms in total. The average molecular weight is 383 g/mol. The maximum Gasteiger partial charge on any atom is 0.256 e. The van der Waals surface area contributed by atoms with Gasteiger partial charge in [-0.25, -0.2) is 4.98 Å². The number of nitrogens with one attached hydrogen (secondary N) is 1. The van der Waals surface area contributed by atoms with Crippen molar-refractivity contribution < 1.29 is 14.3 Å². The normalized spacial score (nSPS) is 10.3. The van der Waals surface area contributed by atoms with Crippen LogP contribution in [0, 0.1) is 0 Å². The van der Waals surface area contributed by atoms with Gasteiger partial charge in [-0.05, 0) is 61.0 Å². The Balaban J connectivity index is 1.54. The lowest BCUT2D eigenvalue weighted by molar-refractivity contribution is 0.102. The first-order valence-corrected chi connectivity index (χ1v) is 8.89. The van der Waals surface area contributed by atoms with Crippen molar-refractivity contribution in [2.24, 2.45) is 0 Å². The lowest BCUT2D eigenvalue weighted by Gasteiger charge is -2.09. The molecule has 0 radical (unpaired) electrons. The number of hydrogen-bond acceptors (Lipinski definition) is 4. The molecule has 0 fully saturated rings. The van der Waals surface area contributed by atoms with Gasteiger partial charge in [-0.2, -0.15) is 0 Å². The largest absolute Gasteiger partial charge is 0.494 e. The molecule has 0 atom stereocenters. The summed E-state index contributed by atoms with van der Waals surface area (Å²) in [4.78, 5) is 16.3. The van der Waals surface area contributed by atoms with Gasteiger partial charge in [0.2, 0.25) is 0 Å². The Morgan fingerprint density at radius 1 is 0.963 bits per heavy atom. The SMILES string of the molecule is CCOc1ccc(OCc2ccc(C(=O)Nc3ccc(Cl)cn3)cc2)cc1. The first kappa shape index (κ1) is 18.7. The minimum Gasteiger partial charge on any atom is -0.494 e. The van der Waals surface area contributed by atoms with Crippen molar-refractivity contribution in [3.63, 3.8) is 0 Å². The Morgan fingerprint density at radius 2 is 1.63 bits per heavy atom. The Hall–Kier alpha value is -3.05. The summed E-state index contributed by atoms with van der Waals surface area (Å²) in [6.45, 7) is 2.99. The van der Waals surface area contributed by atoms with Crippen LogP contribution in [0.15, 0.2) is 66.9 Å². The molecule has 1 aromatic heterocycles. The molecule has 0 aliphatic rings. The van der Waals surface area contributed by atoms with Gasteiger partial charge in [0.1, 0.15) is 23.9 Å². The Kier molecular flexibility index (Phi) is 6.28. The van der Waals surface area contributed by atoms with Crippen LogP contribution >= 0.6 is 11.6 Å². The van der Waals surface area contributed by atoms with Crippen LogP contribution in [0.5, 0.6) is 11.5 Å². The summed E-state index contributed by atoms with van der Waals surface area (Å²) in [6, 6.07) is 18.0. The van der Waals surface area contributed by atoms with Gasteiger partial charge in [0.05, 0.1) is 11.6 Å². The van der Waals surface area contributed by atoms with Crippen LogP contribution in [0.2, 0.25) is 5.02 Å². The number of rotatable bonds is 7. The van der Waals surface area contributed by atoms with Gasteiger partial charge in [0.25, 0.3) is 5.91 Å². The summed E-state index contributed by atoms with van der Waals surface area (Å²) < 4.78 is 11.2. The average Bonchev–Trinajstić information content (AvgIpc) is 2.70. The highest BCUT2D eigenvalue weighted by Crippen LogP contribution is 2.19. The lowest BCUT2D eigenvalue weighted by atomic mass is 10.1. The molecule has 0 aliphatic carbocycles. The minimum atomic E-state index is -0.233. The predicted octanol–water partition coefficient (Wildman–Crippen LogP) is 4.97. The number of hydrogen-bond donors (Lipinski definition) is 1. The molecule has 1 amide bonds. The van der Waals surface area contributed by atoms with E-state index in [0.29, 0.717) is 29.6 Å². The molecule has 6 heteroatoms. The third-order valence-electron chi connectivity index (χ3n) is 3.73. The van der Waals surface area contributed by atoms with E-state index in [9.17, 15) is 4.79 Å². The fourth-order valence-electron chi connectivity index (χ4n) is 2.36. The second-order valence-electron chi connectivity index (χ2n) is 5.71. The summed E-state index contributed by atoms with van der Waals surface area (Å²) in [5.41, 5.74) is 1.50. The molecule has 0 aliphatic heterocycles. The number of aromatic nitrogens is 1. The van der Waals surface area contributed by atoms with Crippen molar-refractivity contribution in [2.45, 2.75) is 13.5 Å². The van der Waals surface area contributed by atoms with E-state index in [0.717, 1.165) is 17.1 Å². The van der Waals surface area contributed by atoms with Gasteiger partial charge < -0.3 is 14.8 Å². The molecule has 0 saturated heterocycles. The molecule has 0 saturated carbocycles. The third kappa shape index (κ3) is 5.46. The fraction of sp³-hybridized carbons (Fsp3) is 0.143. The predicted molar refractivity (Wildman–Crippen MR) is 106 cm³/mol. The van der Waals surface area contributed by atoms with Crippen LogP contribution in [0.1, 0.15) is 22.8 Å². The van der Waals surface area contributed by atoms with Crippen molar-refractivity contribution in [1.82, 2.24) is 4.98 Å². The molecular weight excluding hydrogens is 364 g/mol. The second kappa shape index (κ2) is 9.05. The number of carbonyl (C=O) groups excluding carboxylic acids is 1. The van der Waals surface area contributed by atoms with Crippen LogP contribution < -0.4 is 14.8 Å². The lowest BCUT2D eigenvalue weighted by Crippen LogP contribution is -2.12. The third-order valence-corrected chi connectivity index (χ3v) is 3.95. The van der Waals surface area contributed by atoms with Crippen molar-refractivity contribution in [1.29, 1.82) is 0 Å². The van der Waals surface area contributed by atoms with Gasteiger partial charge >= 0.3 is 0 Å². The highest BCUT2D eigenvalue weighted by Gasteiger charge is 2.07. The van der Waals surface area contributed by atoms with Crippen molar-refractivity contribution >= 4 is 23.3 Å². The zero-order chi connectivity index (χ0) is 19.1. The molecule has 3 rings (SSSR count). The number of amides is 1. The molecular formula is C21H19ClN2O3. The first-order chi connectivity index (χ1) is 13.1. The Labute approximate surface area is 162 Å². The molecule has 27 heavy (non-hydrogen) atoms. The van der Waals surface area contributed by atoms with E-state index in [4.69, 9.17) is 21.1 Å². The van der Waals surface area contributed by atoms with E-state index in [-0.39, 0.29) is 5.91 Å². The molecule has 0 bridgehead atoms. The standard InChI is InChI=1S/C21H19ClN2O3/c1-2-26-18-8-10-19(11-9-18)27-14-15-3-5-16(6-4-15)21(25)24-20-12-7-17(22)13-23-20/h3-13H,2,14H2,1H3,(H,23,24,25). The van der Waals surface area contributed by atoms with E-state index in [2.05, 4.69) is 10.3 Å². The highest BCUT2D eigenvalue weighted by molar-refractivity contribution is 6.30. The van der Waals surface area contributed by atoms with E-state index in [1.807, 2.05) is 43.3 Å². The van der Waals surface area contributed by atoms with Crippen LogP contribution in [0.25, 0.3) is 0 Å². The quantitative estimate of drug-likeness (QED) is 0.627. The summed E-state index contributed by atoms with van der Waals surface area (Å²) in [6.07, 6.45) is 1.48. The summed E-state index contributed by atoms with van der Waals surface area (Å²) >= 11 is 5.79. The Morgan fingerprint density at radius 3 is 2.22 bits per heavy atom. The smallest absolute Gasteiger partial charge is 0.256 e. The monoisotopic (exact) mass is 382 g/mol. The molecule has 1 heterocycles. The number of benzene rings is 2. The number of ether oxygens (including phenoxy) is 2. The summed E-state index contributed by atoms with van der Waals surface area (Å²) in [5, 5.41) is 3.24. The highest BCUT2D eigenvalue weighted by atomic mass is 35.5.